The van der Waals surface area contributed by atoms with Gasteiger partial charge in [0.25, 0.3) is 0 Å². The first-order valence-electron chi connectivity index (χ1n) is 10.4. The maximum Gasteiger partial charge on any atom is 0.314 e. The number of ketones is 1. The summed E-state index contributed by atoms with van der Waals surface area (Å²) in [5, 5.41) is 9.55. The summed E-state index contributed by atoms with van der Waals surface area (Å²) in [4.78, 5) is 24.3. The lowest BCUT2D eigenvalue weighted by atomic mass is 9.76. The molecule has 0 spiro atoms. The molecule has 0 aliphatic heterocycles. The van der Waals surface area contributed by atoms with Crippen LogP contribution < -0.4 is 0 Å². The number of rotatable bonds is 8. The van der Waals surface area contributed by atoms with Crippen molar-refractivity contribution in [1.29, 1.82) is 0 Å². The molecule has 148 valence electrons. The third-order valence-electron chi connectivity index (χ3n) is 6.13. The number of aliphatic carboxylic acids is 1. The first kappa shape index (κ1) is 20.3. The molecule has 0 aromatic heterocycles. The van der Waals surface area contributed by atoms with E-state index in [1.54, 1.807) is 0 Å². The molecule has 0 heterocycles. The number of carboxylic acids is 1. The fraction of sp³-hybridized carbons (Fsp3) is 0.440. The Morgan fingerprint density at radius 3 is 2.36 bits per heavy atom. The molecular weight excluding hydrogens is 348 g/mol. The van der Waals surface area contributed by atoms with Crippen molar-refractivity contribution in [1.82, 2.24) is 0 Å². The van der Waals surface area contributed by atoms with Gasteiger partial charge in [-0.25, -0.2) is 0 Å². The molecule has 2 aromatic carbocycles. The fourth-order valence-corrected chi connectivity index (χ4v) is 4.44. The van der Waals surface area contributed by atoms with Crippen LogP contribution in [0, 0.1) is 18.8 Å². The van der Waals surface area contributed by atoms with Gasteiger partial charge in [-0.2, -0.15) is 0 Å². The van der Waals surface area contributed by atoms with E-state index in [4.69, 9.17) is 0 Å². The zero-order valence-corrected chi connectivity index (χ0v) is 16.6. The largest absolute Gasteiger partial charge is 0.481 e. The second kappa shape index (κ2) is 9.68. The average Bonchev–Trinajstić information content (AvgIpc) is 2.71. The Bertz CT molecular complexity index is 788. The number of carbonyl (C=O) groups is 2. The van der Waals surface area contributed by atoms with Crippen LogP contribution in [0.15, 0.2) is 54.6 Å². The highest BCUT2D eigenvalue weighted by Crippen LogP contribution is 2.37. The quantitative estimate of drug-likeness (QED) is 0.612. The van der Waals surface area contributed by atoms with Crippen LogP contribution in [-0.4, -0.2) is 16.9 Å². The molecule has 0 radical (unpaired) electrons. The van der Waals surface area contributed by atoms with Crippen LogP contribution in [0.5, 0.6) is 0 Å². The van der Waals surface area contributed by atoms with E-state index in [9.17, 15) is 14.7 Å². The van der Waals surface area contributed by atoms with E-state index >= 15 is 0 Å². The van der Waals surface area contributed by atoms with E-state index in [1.165, 1.54) is 5.56 Å². The molecule has 3 rings (SSSR count). The maximum absolute atomic E-state index is 12.6. The van der Waals surface area contributed by atoms with E-state index in [-0.39, 0.29) is 12.2 Å². The number of carbonyl (C=O) groups excluding carboxylic acids is 1. The molecule has 1 atom stereocenters. The van der Waals surface area contributed by atoms with Crippen molar-refractivity contribution in [2.24, 2.45) is 11.8 Å². The summed E-state index contributed by atoms with van der Waals surface area (Å²) >= 11 is 0. The van der Waals surface area contributed by atoms with Crippen LogP contribution in [0.3, 0.4) is 0 Å². The lowest BCUT2D eigenvalue weighted by Crippen LogP contribution is -2.26. The number of benzene rings is 2. The third-order valence-corrected chi connectivity index (χ3v) is 6.13. The molecule has 1 N–H and O–H groups in total. The lowest BCUT2D eigenvalue weighted by molar-refractivity contribution is -0.146. The predicted octanol–water partition coefficient (Wildman–Crippen LogP) is 5.56. The van der Waals surface area contributed by atoms with Crippen LogP contribution in [-0.2, 0) is 16.0 Å². The van der Waals surface area contributed by atoms with Gasteiger partial charge in [0.15, 0.2) is 0 Å². The van der Waals surface area contributed by atoms with Crippen molar-refractivity contribution >= 4 is 11.8 Å². The first-order chi connectivity index (χ1) is 13.5. The summed E-state index contributed by atoms with van der Waals surface area (Å²) in [5.74, 6) is -0.889. The summed E-state index contributed by atoms with van der Waals surface area (Å²) in [6.45, 7) is 1.98. The number of aryl methyl sites for hydroxylation is 1. The van der Waals surface area contributed by atoms with Gasteiger partial charge in [0, 0.05) is 6.42 Å². The number of Topliss-reactive ketones (excluding diaryl/α,β-unsaturated/α-hetero) is 1. The van der Waals surface area contributed by atoms with Gasteiger partial charge in [0.2, 0.25) is 0 Å². The molecule has 0 bridgehead atoms. The topological polar surface area (TPSA) is 54.4 Å². The normalized spacial score (nSPS) is 20.5. The number of hydrogen-bond acceptors (Lipinski definition) is 2. The van der Waals surface area contributed by atoms with Crippen LogP contribution >= 0.6 is 0 Å². The van der Waals surface area contributed by atoms with E-state index in [0.29, 0.717) is 18.3 Å². The van der Waals surface area contributed by atoms with Gasteiger partial charge < -0.3 is 5.11 Å². The highest BCUT2D eigenvalue weighted by molar-refractivity contribution is 5.98. The molecule has 2 aromatic rings. The molecule has 0 saturated heterocycles. The van der Waals surface area contributed by atoms with Crippen molar-refractivity contribution in [3.05, 3.63) is 71.3 Å². The molecular formula is C25H30O3. The monoisotopic (exact) mass is 378 g/mol. The summed E-state index contributed by atoms with van der Waals surface area (Å²) in [7, 11) is 0. The lowest BCUT2D eigenvalue weighted by Gasteiger charge is -2.29. The first-order valence-corrected chi connectivity index (χ1v) is 10.4. The van der Waals surface area contributed by atoms with Crippen LogP contribution in [0.25, 0.3) is 0 Å². The Morgan fingerprint density at radius 2 is 1.71 bits per heavy atom. The Morgan fingerprint density at radius 1 is 1.00 bits per heavy atom. The molecule has 1 aliphatic carbocycles. The fourth-order valence-electron chi connectivity index (χ4n) is 4.44. The Balaban J connectivity index is 1.49. The Hall–Kier alpha value is -2.42. The molecule has 28 heavy (non-hydrogen) atoms. The standard InChI is InChI=1S/C25H30O3/c1-18-6-5-7-20(16-18)17-23(25(27)28)24(26)15-12-19-10-13-22(14-11-19)21-8-3-2-4-9-21/h2-9,16,19,22-23H,10-15,17H2,1H3,(H,27,28). The smallest absolute Gasteiger partial charge is 0.314 e. The highest BCUT2D eigenvalue weighted by atomic mass is 16.4. The van der Waals surface area contributed by atoms with E-state index in [2.05, 4.69) is 30.3 Å². The van der Waals surface area contributed by atoms with E-state index < -0.39 is 11.9 Å². The zero-order chi connectivity index (χ0) is 19.9. The van der Waals surface area contributed by atoms with Gasteiger partial charge in [-0.15, -0.1) is 0 Å². The van der Waals surface area contributed by atoms with Gasteiger partial charge >= 0.3 is 5.97 Å². The second-order valence-corrected chi connectivity index (χ2v) is 8.22. The molecule has 1 saturated carbocycles. The zero-order valence-electron chi connectivity index (χ0n) is 16.6. The van der Waals surface area contributed by atoms with Crippen molar-refractivity contribution in [2.75, 3.05) is 0 Å². The molecule has 0 amide bonds. The maximum atomic E-state index is 12.6. The van der Waals surface area contributed by atoms with Gasteiger partial charge in [0.05, 0.1) is 0 Å². The van der Waals surface area contributed by atoms with Crippen molar-refractivity contribution < 1.29 is 14.7 Å². The molecule has 1 fully saturated rings. The average molecular weight is 379 g/mol. The molecule has 3 heteroatoms. The van der Waals surface area contributed by atoms with Crippen LogP contribution in [0.1, 0.15) is 61.1 Å². The molecule has 1 aliphatic rings. The number of hydrogen-bond donors (Lipinski definition) is 1. The van der Waals surface area contributed by atoms with Gasteiger partial charge in [-0.3, -0.25) is 9.59 Å². The summed E-state index contributed by atoms with van der Waals surface area (Å²) in [5.41, 5.74) is 3.43. The highest BCUT2D eigenvalue weighted by Gasteiger charge is 2.28. The minimum Gasteiger partial charge on any atom is -0.481 e. The second-order valence-electron chi connectivity index (χ2n) is 8.22. The van der Waals surface area contributed by atoms with E-state index in [1.807, 2.05) is 31.2 Å². The van der Waals surface area contributed by atoms with Crippen molar-refractivity contribution in [2.45, 2.75) is 57.8 Å². The molecule has 1 unspecified atom stereocenters. The predicted molar refractivity (Wildman–Crippen MR) is 111 cm³/mol. The summed E-state index contributed by atoms with van der Waals surface area (Å²) in [6.07, 6.45) is 6.06. The SMILES string of the molecule is Cc1cccc(CC(C(=O)O)C(=O)CCC2CCC(c3ccccc3)CC2)c1. The Kier molecular flexibility index (Phi) is 7.02. The third kappa shape index (κ3) is 5.54. The minimum absolute atomic E-state index is 0.126. The van der Waals surface area contributed by atoms with Gasteiger partial charge in [-0.05, 0) is 68.4 Å². The van der Waals surface area contributed by atoms with Crippen LogP contribution in [0.4, 0.5) is 0 Å². The van der Waals surface area contributed by atoms with Crippen molar-refractivity contribution in [3.8, 4) is 0 Å². The Labute approximate surface area is 167 Å². The van der Waals surface area contributed by atoms with Crippen LogP contribution in [0.2, 0.25) is 0 Å². The van der Waals surface area contributed by atoms with Crippen molar-refractivity contribution in [3.63, 3.8) is 0 Å². The number of carboxylic acid groups (broad SMARTS) is 1. The molecule has 3 nitrogen and oxygen atoms in total. The summed E-state index contributed by atoms with van der Waals surface area (Å²) in [6, 6.07) is 18.4. The van der Waals surface area contributed by atoms with Gasteiger partial charge in [-0.1, -0.05) is 60.2 Å². The minimum atomic E-state index is -1.00. The van der Waals surface area contributed by atoms with Gasteiger partial charge in [0.1, 0.15) is 11.7 Å². The summed E-state index contributed by atoms with van der Waals surface area (Å²) < 4.78 is 0. The van der Waals surface area contributed by atoms with E-state index in [0.717, 1.165) is 43.2 Å².